The number of anilines is 1. The van der Waals surface area contributed by atoms with E-state index < -0.39 is 11.7 Å². The van der Waals surface area contributed by atoms with Gasteiger partial charge < -0.3 is 5.32 Å². The molecule has 0 unspecified atom stereocenters. The average molecular weight is 290 g/mol. The van der Waals surface area contributed by atoms with Gasteiger partial charge in [-0.3, -0.25) is 9.89 Å². The molecule has 0 atom stereocenters. The molecule has 0 aliphatic heterocycles. The summed E-state index contributed by atoms with van der Waals surface area (Å²) in [7, 11) is 0. The molecule has 0 fully saturated rings. The predicted octanol–water partition coefficient (Wildman–Crippen LogP) is 3.61. The van der Waals surface area contributed by atoms with Crippen LogP contribution in [0.25, 0.3) is 10.9 Å². The summed E-state index contributed by atoms with van der Waals surface area (Å²) in [6.07, 6.45) is 1.69. The summed E-state index contributed by atoms with van der Waals surface area (Å²) in [5.74, 6) is -0.876. The fraction of sp³-hybridized carbons (Fsp3) is 0. The lowest BCUT2D eigenvalue weighted by Gasteiger charge is -2.07. The van der Waals surface area contributed by atoms with Gasteiger partial charge in [-0.05, 0) is 36.4 Å². The van der Waals surface area contributed by atoms with Gasteiger partial charge >= 0.3 is 0 Å². The Kier molecular flexibility index (Phi) is 3.12. The lowest BCUT2D eigenvalue weighted by Crippen LogP contribution is -2.12. The third kappa shape index (κ3) is 2.35. The Morgan fingerprint density at radius 2 is 2.10 bits per heavy atom. The molecular weight excluding hydrogens is 281 g/mol. The van der Waals surface area contributed by atoms with Gasteiger partial charge in [0.05, 0.1) is 22.3 Å². The third-order valence-corrected chi connectivity index (χ3v) is 3.19. The van der Waals surface area contributed by atoms with E-state index in [-0.39, 0.29) is 10.6 Å². The highest BCUT2D eigenvalue weighted by atomic mass is 35.5. The number of hydrogen-bond donors (Lipinski definition) is 2. The van der Waals surface area contributed by atoms with Crippen LogP contribution in [0.5, 0.6) is 0 Å². The smallest absolute Gasteiger partial charge is 0.257 e. The molecule has 6 heteroatoms. The van der Waals surface area contributed by atoms with Crippen molar-refractivity contribution in [2.24, 2.45) is 0 Å². The number of fused-ring (bicyclic) bond motifs is 1. The van der Waals surface area contributed by atoms with Crippen LogP contribution in [0, 0.1) is 5.82 Å². The molecule has 100 valence electrons. The van der Waals surface area contributed by atoms with Gasteiger partial charge in [-0.1, -0.05) is 11.6 Å². The first kappa shape index (κ1) is 12.6. The summed E-state index contributed by atoms with van der Waals surface area (Å²) in [4.78, 5) is 12.1. The van der Waals surface area contributed by atoms with Crippen LogP contribution in [-0.4, -0.2) is 16.1 Å². The fourth-order valence-corrected chi connectivity index (χ4v) is 2.14. The van der Waals surface area contributed by atoms with E-state index in [2.05, 4.69) is 15.5 Å². The standard InChI is InChI=1S/C14H9ClFN3O/c15-12-5-9(16)2-4-11(12)14(20)18-10-3-1-8-7-17-19-13(8)6-10/h1-7H,(H,17,19)(H,18,20). The van der Waals surface area contributed by atoms with Crippen LogP contribution in [0.1, 0.15) is 10.4 Å². The number of rotatable bonds is 2. The molecule has 3 rings (SSSR count). The van der Waals surface area contributed by atoms with Crippen molar-refractivity contribution in [3.63, 3.8) is 0 Å². The van der Waals surface area contributed by atoms with Crippen LogP contribution >= 0.6 is 11.6 Å². The molecule has 4 nitrogen and oxygen atoms in total. The van der Waals surface area contributed by atoms with E-state index in [0.717, 1.165) is 17.0 Å². The Morgan fingerprint density at radius 3 is 2.90 bits per heavy atom. The lowest BCUT2D eigenvalue weighted by molar-refractivity contribution is 0.102. The van der Waals surface area contributed by atoms with E-state index in [9.17, 15) is 9.18 Å². The number of nitrogens with one attached hydrogen (secondary N) is 2. The number of carbonyl (C=O) groups excluding carboxylic acids is 1. The van der Waals surface area contributed by atoms with Crippen LogP contribution in [0.15, 0.2) is 42.6 Å². The highest BCUT2D eigenvalue weighted by Gasteiger charge is 2.11. The normalized spacial score (nSPS) is 10.7. The number of nitrogens with zero attached hydrogens (tertiary/aromatic N) is 1. The maximum Gasteiger partial charge on any atom is 0.257 e. The molecule has 2 N–H and O–H groups in total. The minimum Gasteiger partial charge on any atom is -0.322 e. The van der Waals surface area contributed by atoms with E-state index in [0.29, 0.717) is 5.69 Å². The zero-order valence-electron chi connectivity index (χ0n) is 10.2. The molecule has 0 saturated carbocycles. The summed E-state index contributed by atoms with van der Waals surface area (Å²) in [6, 6.07) is 9.00. The summed E-state index contributed by atoms with van der Waals surface area (Å²) in [5, 5.41) is 10.4. The zero-order valence-corrected chi connectivity index (χ0v) is 10.9. The highest BCUT2D eigenvalue weighted by Crippen LogP contribution is 2.21. The van der Waals surface area contributed by atoms with Crippen molar-refractivity contribution >= 4 is 34.1 Å². The van der Waals surface area contributed by atoms with Gasteiger partial charge in [-0.25, -0.2) is 4.39 Å². The fourth-order valence-electron chi connectivity index (χ4n) is 1.89. The SMILES string of the molecule is O=C(Nc1ccc2cn[nH]c2c1)c1ccc(F)cc1Cl. The number of benzene rings is 2. The lowest BCUT2D eigenvalue weighted by atomic mass is 10.2. The molecular formula is C14H9ClFN3O. The summed E-state index contributed by atoms with van der Waals surface area (Å²) in [6.45, 7) is 0. The topological polar surface area (TPSA) is 57.8 Å². The Labute approximate surface area is 118 Å². The molecule has 0 saturated heterocycles. The van der Waals surface area contributed by atoms with Crippen LogP contribution < -0.4 is 5.32 Å². The maximum atomic E-state index is 12.9. The number of amides is 1. The van der Waals surface area contributed by atoms with Crippen molar-refractivity contribution in [3.8, 4) is 0 Å². The maximum absolute atomic E-state index is 12.9. The van der Waals surface area contributed by atoms with Gasteiger partial charge in [0.15, 0.2) is 0 Å². The van der Waals surface area contributed by atoms with E-state index in [1.807, 2.05) is 6.07 Å². The second-order valence-corrected chi connectivity index (χ2v) is 4.66. The molecule has 1 heterocycles. The molecule has 0 radical (unpaired) electrons. The summed E-state index contributed by atoms with van der Waals surface area (Å²) in [5.41, 5.74) is 1.64. The number of halogens is 2. The van der Waals surface area contributed by atoms with Crippen molar-refractivity contribution in [1.29, 1.82) is 0 Å². The largest absolute Gasteiger partial charge is 0.322 e. The number of aromatic amines is 1. The van der Waals surface area contributed by atoms with Crippen molar-refractivity contribution < 1.29 is 9.18 Å². The molecule has 20 heavy (non-hydrogen) atoms. The predicted molar refractivity (Wildman–Crippen MR) is 75.5 cm³/mol. The van der Waals surface area contributed by atoms with E-state index in [1.165, 1.54) is 12.1 Å². The van der Waals surface area contributed by atoms with Gasteiger partial charge in [0.1, 0.15) is 5.82 Å². The van der Waals surface area contributed by atoms with Crippen molar-refractivity contribution in [1.82, 2.24) is 10.2 Å². The quantitative estimate of drug-likeness (QED) is 0.757. The van der Waals surface area contributed by atoms with Gasteiger partial charge in [0, 0.05) is 11.1 Å². The highest BCUT2D eigenvalue weighted by molar-refractivity contribution is 6.34. The van der Waals surface area contributed by atoms with Crippen molar-refractivity contribution in [2.45, 2.75) is 0 Å². The number of aromatic nitrogens is 2. The molecule has 3 aromatic rings. The van der Waals surface area contributed by atoms with Crippen molar-refractivity contribution in [3.05, 3.63) is 59.0 Å². The molecule has 1 amide bonds. The summed E-state index contributed by atoms with van der Waals surface area (Å²) >= 11 is 5.85. The van der Waals surface area contributed by atoms with Crippen LogP contribution in [-0.2, 0) is 0 Å². The Bertz CT molecular complexity index is 800. The monoisotopic (exact) mass is 289 g/mol. The van der Waals surface area contributed by atoms with Gasteiger partial charge in [0.25, 0.3) is 5.91 Å². The zero-order chi connectivity index (χ0) is 14.1. The molecule has 0 spiro atoms. The first-order valence-electron chi connectivity index (χ1n) is 5.83. The average Bonchev–Trinajstić information content (AvgIpc) is 2.85. The van der Waals surface area contributed by atoms with E-state index in [1.54, 1.807) is 18.3 Å². The second kappa shape index (κ2) is 4.94. The molecule has 0 aliphatic carbocycles. The van der Waals surface area contributed by atoms with Crippen molar-refractivity contribution in [2.75, 3.05) is 5.32 Å². The van der Waals surface area contributed by atoms with Gasteiger partial charge in [-0.2, -0.15) is 5.10 Å². The molecule has 1 aromatic heterocycles. The van der Waals surface area contributed by atoms with Gasteiger partial charge in [0.2, 0.25) is 0 Å². The summed E-state index contributed by atoms with van der Waals surface area (Å²) < 4.78 is 12.9. The Morgan fingerprint density at radius 1 is 1.25 bits per heavy atom. The third-order valence-electron chi connectivity index (χ3n) is 2.88. The molecule has 0 bridgehead atoms. The van der Waals surface area contributed by atoms with E-state index >= 15 is 0 Å². The molecule has 0 aliphatic rings. The van der Waals surface area contributed by atoms with E-state index in [4.69, 9.17) is 11.6 Å². The first-order valence-corrected chi connectivity index (χ1v) is 6.21. The minimum absolute atomic E-state index is 0.0742. The minimum atomic E-state index is -0.481. The number of hydrogen-bond acceptors (Lipinski definition) is 2. The molecule has 2 aromatic carbocycles. The second-order valence-electron chi connectivity index (χ2n) is 4.25. The first-order chi connectivity index (χ1) is 9.63. The number of H-pyrrole nitrogens is 1. The Hall–Kier alpha value is -2.40. The number of carbonyl (C=O) groups is 1. The Balaban J connectivity index is 1.87. The van der Waals surface area contributed by atoms with Gasteiger partial charge in [-0.15, -0.1) is 0 Å². The van der Waals surface area contributed by atoms with Crippen LogP contribution in [0.4, 0.5) is 10.1 Å². The van der Waals surface area contributed by atoms with Crippen LogP contribution in [0.3, 0.4) is 0 Å². The van der Waals surface area contributed by atoms with Crippen LogP contribution in [0.2, 0.25) is 5.02 Å².